The minimum Gasteiger partial charge on any atom is -0.377 e. The van der Waals surface area contributed by atoms with Gasteiger partial charge in [-0.2, -0.15) is 0 Å². The summed E-state index contributed by atoms with van der Waals surface area (Å²) in [5, 5.41) is 3.60. The first-order valence-electron chi connectivity index (χ1n) is 7.37. The maximum atomic E-state index is 5.75. The Morgan fingerprint density at radius 3 is 2.82 bits per heavy atom. The number of hydrogen-bond donors (Lipinski definition) is 1. The van der Waals surface area contributed by atoms with Crippen LogP contribution in [0.2, 0.25) is 0 Å². The fourth-order valence-electron chi connectivity index (χ4n) is 2.76. The summed E-state index contributed by atoms with van der Waals surface area (Å²) in [4.78, 5) is 2.58. The van der Waals surface area contributed by atoms with Crippen molar-refractivity contribution < 1.29 is 4.74 Å². The summed E-state index contributed by atoms with van der Waals surface area (Å²) < 4.78 is 5.75. The monoisotopic (exact) mass is 242 g/mol. The molecular formula is C14H30N2O. The van der Waals surface area contributed by atoms with Crippen LogP contribution in [0.5, 0.6) is 0 Å². The maximum Gasteiger partial charge on any atom is 0.0702 e. The highest BCUT2D eigenvalue weighted by atomic mass is 16.5. The van der Waals surface area contributed by atoms with Gasteiger partial charge in [0.1, 0.15) is 0 Å². The van der Waals surface area contributed by atoms with Crippen LogP contribution in [0.3, 0.4) is 0 Å². The molecule has 1 rings (SSSR count). The Hall–Kier alpha value is -0.120. The highest BCUT2D eigenvalue weighted by Gasteiger charge is 2.21. The van der Waals surface area contributed by atoms with E-state index in [1.54, 1.807) is 0 Å². The number of nitrogens with one attached hydrogen (secondary N) is 1. The van der Waals surface area contributed by atoms with Crippen LogP contribution in [0.15, 0.2) is 0 Å². The summed E-state index contributed by atoms with van der Waals surface area (Å²) in [7, 11) is 0. The first-order valence-corrected chi connectivity index (χ1v) is 7.37. The summed E-state index contributed by atoms with van der Waals surface area (Å²) in [6, 6.07) is 0.658. The van der Waals surface area contributed by atoms with Crippen LogP contribution >= 0.6 is 0 Å². The van der Waals surface area contributed by atoms with Gasteiger partial charge in [-0.3, -0.25) is 4.90 Å². The molecule has 102 valence electrons. The molecule has 0 radical (unpaired) electrons. The van der Waals surface area contributed by atoms with Crippen LogP contribution in [0, 0.1) is 0 Å². The Kier molecular flexibility index (Phi) is 7.82. The van der Waals surface area contributed by atoms with Crippen molar-refractivity contribution in [2.75, 3.05) is 32.8 Å². The van der Waals surface area contributed by atoms with E-state index in [9.17, 15) is 0 Å². The lowest BCUT2D eigenvalue weighted by Gasteiger charge is -2.35. The lowest BCUT2D eigenvalue weighted by Crippen LogP contribution is -2.47. The van der Waals surface area contributed by atoms with E-state index in [1.165, 1.54) is 38.8 Å². The molecule has 1 N–H and O–H groups in total. The van der Waals surface area contributed by atoms with Gasteiger partial charge in [0.15, 0.2) is 0 Å². The minimum atomic E-state index is 0.470. The van der Waals surface area contributed by atoms with Gasteiger partial charge in [0.25, 0.3) is 0 Å². The van der Waals surface area contributed by atoms with Gasteiger partial charge < -0.3 is 10.1 Å². The molecule has 1 saturated heterocycles. The first-order chi connectivity index (χ1) is 8.30. The topological polar surface area (TPSA) is 24.5 Å². The number of nitrogens with zero attached hydrogens (tertiary/aromatic N) is 1. The molecule has 0 aromatic carbocycles. The van der Waals surface area contributed by atoms with Crippen molar-refractivity contribution in [1.29, 1.82) is 0 Å². The summed E-state index contributed by atoms with van der Waals surface area (Å²) in [5.74, 6) is 0. The third-order valence-corrected chi connectivity index (χ3v) is 3.47. The zero-order valence-electron chi connectivity index (χ0n) is 11.9. The molecule has 2 atom stereocenters. The maximum absolute atomic E-state index is 5.75. The van der Waals surface area contributed by atoms with Crippen LogP contribution in [-0.2, 0) is 4.74 Å². The quantitative estimate of drug-likeness (QED) is 0.706. The normalized spacial score (nSPS) is 23.8. The van der Waals surface area contributed by atoms with Gasteiger partial charge >= 0.3 is 0 Å². The average molecular weight is 242 g/mol. The molecule has 0 saturated carbocycles. The van der Waals surface area contributed by atoms with Gasteiger partial charge in [-0.15, -0.1) is 0 Å². The molecule has 0 aromatic rings. The van der Waals surface area contributed by atoms with Crippen molar-refractivity contribution in [1.82, 2.24) is 10.2 Å². The average Bonchev–Trinajstić information content (AvgIpc) is 2.30. The predicted molar refractivity (Wildman–Crippen MR) is 73.5 cm³/mol. The van der Waals surface area contributed by atoms with E-state index < -0.39 is 0 Å². The third-order valence-electron chi connectivity index (χ3n) is 3.47. The van der Waals surface area contributed by atoms with Gasteiger partial charge in [-0.25, -0.2) is 0 Å². The highest BCUT2D eigenvalue weighted by molar-refractivity contribution is 4.78. The van der Waals surface area contributed by atoms with E-state index in [2.05, 4.69) is 31.0 Å². The molecule has 0 bridgehead atoms. The Labute approximate surface area is 107 Å². The number of hydrogen-bond acceptors (Lipinski definition) is 3. The molecule has 1 aliphatic heterocycles. The summed E-state index contributed by atoms with van der Waals surface area (Å²) in [5.41, 5.74) is 0. The second-order valence-corrected chi connectivity index (χ2v) is 5.02. The highest BCUT2D eigenvalue weighted by Crippen LogP contribution is 2.14. The SMILES string of the molecule is CCCC(CN1CCCC(OCC)C1)NCC. The van der Waals surface area contributed by atoms with E-state index in [-0.39, 0.29) is 0 Å². The summed E-state index contributed by atoms with van der Waals surface area (Å²) >= 11 is 0. The van der Waals surface area contributed by atoms with Crippen LogP contribution in [0.25, 0.3) is 0 Å². The van der Waals surface area contributed by atoms with E-state index in [4.69, 9.17) is 4.74 Å². The van der Waals surface area contributed by atoms with Gasteiger partial charge in [-0.1, -0.05) is 20.3 Å². The zero-order valence-corrected chi connectivity index (χ0v) is 11.9. The van der Waals surface area contributed by atoms with Gasteiger partial charge in [0, 0.05) is 25.7 Å². The Morgan fingerprint density at radius 2 is 2.18 bits per heavy atom. The molecule has 3 heteroatoms. The molecule has 0 amide bonds. The van der Waals surface area contributed by atoms with Crippen LogP contribution in [0.4, 0.5) is 0 Å². The number of likely N-dealkylation sites (N-methyl/N-ethyl adjacent to an activating group) is 1. The summed E-state index contributed by atoms with van der Waals surface area (Å²) in [6.07, 6.45) is 5.54. The summed E-state index contributed by atoms with van der Waals surface area (Å²) in [6.45, 7) is 12.0. The minimum absolute atomic E-state index is 0.470. The number of ether oxygens (including phenoxy) is 1. The molecule has 0 aromatic heterocycles. The van der Waals surface area contributed by atoms with Crippen molar-refractivity contribution in [2.45, 2.75) is 58.6 Å². The van der Waals surface area contributed by atoms with Crippen molar-refractivity contribution in [3.8, 4) is 0 Å². The van der Waals surface area contributed by atoms with Gasteiger partial charge in [0.05, 0.1) is 6.10 Å². The van der Waals surface area contributed by atoms with E-state index in [0.29, 0.717) is 12.1 Å². The van der Waals surface area contributed by atoms with Crippen molar-refractivity contribution >= 4 is 0 Å². The van der Waals surface area contributed by atoms with Crippen molar-refractivity contribution in [3.05, 3.63) is 0 Å². The Balaban J connectivity index is 2.32. The molecule has 1 aliphatic rings. The largest absolute Gasteiger partial charge is 0.377 e. The fourth-order valence-corrected chi connectivity index (χ4v) is 2.76. The molecular weight excluding hydrogens is 212 g/mol. The van der Waals surface area contributed by atoms with E-state index in [0.717, 1.165) is 19.7 Å². The standard InChI is InChI=1S/C14H30N2O/c1-4-8-13(15-5-2)11-16-10-7-9-14(12-16)17-6-3/h13-15H,4-12H2,1-3H3. The number of likely N-dealkylation sites (tertiary alicyclic amines) is 1. The van der Waals surface area contributed by atoms with Gasteiger partial charge in [-0.05, 0) is 39.3 Å². The molecule has 0 aliphatic carbocycles. The number of piperidine rings is 1. The Morgan fingerprint density at radius 1 is 1.35 bits per heavy atom. The second-order valence-electron chi connectivity index (χ2n) is 5.02. The zero-order chi connectivity index (χ0) is 12.5. The van der Waals surface area contributed by atoms with E-state index in [1.807, 2.05) is 0 Å². The fraction of sp³-hybridized carbons (Fsp3) is 1.00. The van der Waals surface area contributed by atoms with Crippen molar-refractivity contribution in [3.63, 3.8) is 0 Å². The molecule has 1 heterocycles. The van der Waals surface area contributed by atoms with E-state index >= 15 is 0 Å². The van der Waals surface area contributed by atoms with Crippen LogP contribution < -0.4 is 5.32 Å². The van der Waals surface area contributed by atoms with Crippen LogP contribution in [0.1, 0.15) is 46.5 Å². The Bertz CT molecular complexity index is 179. The smallest absolute Gasteiger partial charge is 0.0702 e. The lowest BCUT2D eigenvalue weighted by atomic mass is 10.1. The number of rotatable bonds is 8. The van der Waals surface area contributed by atoms with Gasteiger partial charge in [0.2, 0.25) is 0 Å². The molecule has 17 heavy (non-hydrogen) atoms. The molecule has 0 spiro atoms. The van der Waals surface area contributed by atoms with Crippen molar-refractivity contribution in [2.24, 2.45) is 0 Å². The lowest BCUT2D eigenvalue weighted by molar-refractivity contribution is 0.00337. The molecule has 2 unspecified atom stereocenters. The molecule has 1 fully saturated rings. The third kappa shape index (κ3) is 5.84. The second kappa shape index (κ2) is 8.90. The molecule has 3 nitrogen and oxygen atoms in total. The predicted octanol–water partition coefficient (Wildman–Crippen LogP) is 2.27. The first kappa shape index (κ1) is 14.9. The van der Waals surface area contributed by atoms with Crippen LogP contribution in [-0.4, -0.2) is 49.8 Å².